The van der Waals surface area contributed by atoms with Crippen LogP contribution in [0, 0.1) is 11.8 Å². The Labute approximate surface area is 134 Å². The fourth-order valence-corrected chi connectivity index (χ4v) is 3.08. The summed E-state index contributed by atoms with van der Waals surface area (Å²) >= 11 is 0. The molecule has 2 saturated heterocycles. The van der Waals surface area contributed by atoms with Gasteiger partial charge in [-0.2, -0.15) is 0 Å². The highest BCUT2D eigenvalue weighted by Crippen LogP contribution is 2.16. The van der Waals surface area contributed by atoms with Crippen LogP contribution >= 0.6 is 0 Å². The lowest BCUT2D eigenvalue weighted by Gasteiger charge is -2.32. The molecular weight excluding hydrogens is 282 g/mol. The Morgan fingerprint density at radius 2 is 1.59 bits per heavy atom. The Morgan fingerprint density at radius 3 is 2.09 bits per heavy atom. The molecule has 0 aliphatic carbocycles. The van der Waals surface area contributed by atoms with Crippen molar-refractivity contribution in [3.63, 3.8) is 0 Å². The van der Waals surface area contributed by atoms with E-state index in [4.69, 9.17) is 5.11 Å². The summed E-state index contributed by atoms with van der Waals surface area (Å²) in [6, 6.07) is 0. The van der Waals surface area contributed by atoms with E-state index in [1.54, 1.807) is 13.6 Å². The minimum absolute atomic E-state index is 0.137. The van der Waals surface area contributed by atoms with E-state index in [2.05, 4.69) is 0 Å². The van der Waals surface area contributed by atoms with Gasteiger partial charge in [0.25, 0.3) is 0 Å². The lowest BCUT2D eigenvalue weighted by molar-refractivity contribution is -0.112. The first-order valence-electron chi connectivity index (χ1n) is 8.38. The van der Waals surface area contributed by atoms with Crippen molar-refractivity contribution >= 4 is 20.4 Å². The van der Waals surface area contributed by atoms with E-state index in [1.165, 1.54) is 0 Å². The third-order valence-corrected chi connectivity index (χ3v) is 4.55. The van der Waals surface area contributed by atoms with Crippen molar-refractivity contribution in [1.82, 2.24) is 9.62 Å². The zero-order chi connectivity index (χ0) is 16.5. The van der Waals surface area contributed by atoms with E-state index in [1.807, 2.05) is 9.62 Å². The van der Waals surface area contributed by atoms with Crippen molar-refractivity contribution in [1.29, 1.82) is 0 Å². The Morgan fingerprint density at radius 1 is 1.05 bits per heavy atom. The molecule has 0 saturated carbocycles. The number of carbonyl (C=O) groups excluding carboxylic acids is 1. The molecular formula is C14H30B2N2O4. The van der Waals surface area contributed by atoms with Crippen molar-refractivity contribution in [2.45, 2.75) is 39.3 Å². The molecule has 6 nitrogen and oxygen atoms in total. The summed E-state index contributed by atoms with van der Waals surface area (Å²) in [6.45, 7) is 7.22. The number of hydrogen-bond acceptors (Lipinski definition) is 6. The maximum atomic E-state index is 10.4. The van der Waals surface area contributed by atoms with Gasteiger partial charge in [0.15, 0.2) is 0 Å². The number of nitrogens with zero attached hydrogens (tertiary/aromatic N) is 2. The summed E-state index contributed by atoms with van der Waals surface area (Å²) in [5.41, 5.74) is 0. The molecule has 2 heterocycles. The van der Waals surface area contributed by atoms with Crippen LogP contribution in [0.4, 0.5) is 0 Å². The first-order valence-corrected chi connectivity index (χ1v) is 8.38. The molecule has 0 aromatic carbocycles. The maximum Gasteiger partial charge on any atom is 0.376 e. The molecule has 0 aromatic heterocycles. The third-order valence-electron chi connectivity index (χ3n) is 4.55. The van der Waals surface area contributed by atoms with Crippen molar-refractivity contribution in [3.8, 4) is 0 Å². The van der Waals surface area contributed by atoms with Crippen LogP contribution in [0.5, 0.6) is 0 Å². The van der Waals surface area contributed by atoms with Crippen LogP contribution < -0.4 is 0 Å². The Bertz CT molecular complexity index is 321. The normalized spacial score (nSPS) is 26.8. The second kappa shape index (κ2) is 10.4. The highest BCUT2D eigenvalue weighted by Gasteiger charge is 2.24. The minimum Gasteiger partial charge on any atom is -0.437 e. The van der Waals surface area contributed by atoms with Gasteiger partial charge in [-0.15, -0.1) is 0 Å². The van der Waals surface area contributed by atoms with Gasteiger partial charge < -0.3 is 29.6 Å². The van der Waals surface area contributed by atoms with Crippen molar-refractivity contribution in [3.05, 3.63) is 0 Å². The van der Waals surface area contributed by atoms with E-state index in [-0.39, 0.29) is 19.6 Å². The molecule has 3 N–H and O–H groups in total. The van der Waals surface area contributed by atoms with E-state index in [9.17, 15) is 14.8 Å². The van der Waals surface area contributed by atoms with Crippen molar-refractivity contribution < 1.29 is 19.9 Å². The number of rotatable bonds is 4. The molecule has 0 spiro atoms. The number of aliphatic hydroxyl groups is 1. The molecule has 126 valence electrons. The van der Waals surface area contributed by atoms with E-state index < -0.39 is 7.05 Å². The third kappa shape index (κ3) is 6.79. The number of piperidine rings is 2. The predicted molar refractivity (Wildman–Crippen MR) is 89.4 cm³/mol. The van der Waals surface area contributed by atoms with Gasteiger partial charge >= 0.3 is 14.1 Å². The van der Waals surface area contributed by atoms with Crippen molar-refractivity contribution in [2.75, 3.05) is 32.8 Å². The molecule has 2 aliphatic heterocycles. The lowest BCUT2D eigenvalue weighted by atomic mass is 9.81. The summed E-state index contributed by atoms with van der Waals surface area (Å²) in [4.78, 5) is 14.4. The standard InChI is InChI=1S/C7H16BNO2.C7H14BNO2/c2*1-8(11)9-4-2-3-7(5-9)6-10/h7,10-11H,2-6H2,1H3;6-7,11H,2-5H2,1H3. The van der Waals surface area contributed by atoms with Gasteiger partial charge in [-0.25, -0.2) is 0 Å². The van der Waals surface area contributed by atoms with Gasteiger partial charge in [0.2, 0.25) is 0 Å². The molecule has 0 radical (unpaired) electrons. The Hall–Kier alpha value is -0.400. The Kier molecular flexibility index (Phi) is 9.28. The fourth-order valence-electron chi connectivity index (χ4n) is 3.08. The summed E-state index contributed by atoms with van der Waals surface area (Å²) in [5, 5.41) is 27.3. The van der Waals surface area contributed by atoms with Gasteiger partial charge in [0.1, 0.15) is 6.29 Å². The van der Waals surface area contributed by atoms with Crippen LogP contribution in [-0.4, -0.2) is 77.9 Å². The van der Waals surface area contributed by atoms with E-state index >= 15 is 0 Å². The average molecular weight is 312 g/mol. The van der Waals surface area contributed by atoms with Gasteiger partial charge in [0, 0.05) is 12.5 Å². The number of aldehydes is 1. The van der Waals surface area contributed by atoms with E-state index in [0.29, 0.717) is 5.92 Å². The molecule has 2 rings (SSSR count). The molecule has 2 atom stereocenters. The zero-order valence-electron chi connectivity index (χ0n) is 13.9. The average Bonchev–Trinajstić information content (AvgIpc) is 2.55. The topological polar surface area (TPSA) is 84.2 Å². The molecule has 2 aliphatic rings. The van der Waals surface area contributed by atoms with Crippen LogP contribution in [0.25, 0.3) is 0 Å². The highest BCUT2D eigenvalue weighted by molar-refractivity contribution is 6.45. The number of hydrogen-bond donors (Lipinski definition) is 3. The molecule has 22 heavy (non-hydrogen) atoms. The lowest BCUT2D eigenvalue weighted by Crippen LogP contribution is -2.44. The molecule has 0 bridgehead atoms. The first-order chi connectivity index (χ1) is 10.5. The molecule has 0 amide bonds. The summed E-state index contributed by atoms with van der Waals surface area (Å²) in [6.07, 6.45) is 5.19. The van der Waals surface area contributed by atoms with Gasteiger partial charge in [-0.05, 0) is 71.4 Å². The zero-order valence-corrected chi connectivity index (χ0v) is 13.9. The first kappa shape index (κ1) is 19.6. The minimum atomic E-state index is -0.405. The van der Waals surface area contributed by atoms with Crippen LogP contribution in [0.2, 0.25) is 13.6 Å². The molecule has 2 fully saturated rings. The maximum absolute atomic E-state index is 10.4. The van der Waals surface area contributed by atoms with Crippen LogP contribution in [-0.2, 0) is 4.79 Å². The molecule has 0 aromatic rings. The SMILES string of the molecule is CB(O)N1CCCC(C=O)C1.CB(O)N1CCCC(CO)C1. The molecule has 8 heteroatoms. The Balaban J connectivity index is 0.000000220. The summed E-state index contributed by atoms with van der Waals surface area (Å²) in [5.74, 6) is 0.511. The van der Waals surface area contributed by atoms with Crippen molar-refractivity contribution in [2.24, 2.45) is 11.8 Å². The quantitative estimate of drug-likeness (QED) is 0.493. The largest absolute Gasteiger partial charge is 0.437 e. The fraction of sp³-hybridized carbons (Fsp3) is 0.929. The number of aliphatic hydroxyl groups excluding tert-OH is 1. The monoisotopic (exact) mass is 312 g/mol. The van der Waals surface area contributed by atoms with Crippen LogP contribution in [0.15, 0.2) is 0 Å². The summed E-state index contributed by atoms with van der Waals surface area (Å²) in [7, 11) is -0.762. The van der Waals surface area contributed by atoms with Crippen LogP contribution in [0.1, 0.15) is 25.7 Å². The second-order valence-electron chi connectivity index (χ2n) is 6.48. The molecule has 2 unspecified atom stereocenters. The number of carbonyl (C=O) groups is 1. The smallest absolute Gasteiger partial charge is 0.376 e. The van der Waals surface area contributed by atoms with Gasteiger partial charge in [-0.1, -0.05) is 0 Å². The highest BCUT2D eigenvalue weighted by atomic mass is 16.3. The second-order valence-corrected chi connectivity index (χ2v) is 6.48. The van der Waals surface area contributed by atoms with Gasteiger partial charge in [-0.3, -0.25) is 0 Å². The van der Waals surface area contributed by atoms with E-state index in [0.717, 1.165) is 58.1 Å². The van der Waals surface area contributed by atoms with Crippen LogP contribution in [0.3, 0.4) is 0 Å². The summed E-state index contributed by atoms with van der Waals surface area (Å²) < 4.78 is 0. The van der Waals surface area contributed by atoms with Gasteiger partial charge in [0.05, 0.1) is 0 Å². The predicted octanol–water partition coefficient (Wildman–Crippen LogP) is -0.191.